The Morgan fingerprint density at radius 3 is 2.52 bits per heavy atom. The number of rotatable bonds is 7. The Morgan fingerprint density at radius 1 is 0.970 bits per heavy atom. The minimum Gasteiger partial charge on any atom is -0.497 e. The molecule has 0 amide bonds. The van der Waals surface area contributed by atoms with Crippen LogP contribution >= 0.6 is 0 Å². The fourth-order valence-electron chi connectivity index (χ4n) is 4.27. The van der Waals surface area contributed by atoms with Crippen LogP contribution in [-0.4, -0.2) is 32.5 Å². The molecule has 0 saturated heterocycles. The summed E-state index contributed by atoms with van der Waals surface area (Å²) in [7, 11) is 1.66. The van der Waals surface area contributed by atoms with E-state index in [4.69, 9.17) is 4.74 Å². The molecule has 1 aromatic carbocycles. The molecule has 1 N–H and O–H groups in total. The highest BCUT2D eigenvalue weighted by molar-refractivity contribution is 5.61. The fraction of sp³-hybridized carbons (Fsp3) is 0.269. The predicted molar refractivity (Wildman–Crippen MR) is 129 cm³/mol. The van der Waals surface area contributed by atoms with E-state index in [0.717, 1.165) is 33.9 Å². The third-order valence-corrected chi connectivity index (χ3v) is 6.11. The van der Waals surface area contributed by atoms with Gasteiger partial charge in [0.25, 0.3) is 5.56 Å². The topological polar surface area (TPSA) is 74.0 Å². The molecule has 0 aliphatic heterocycles. The molecule has 33 heavy (non-hydrogen) atoms. The van der Waals surface area contributed by atoms with Crippen LogP contribution in [0.5, 0.6) is 5.75 Å². The number of benzene rings is 1. The smallest absolute Gasteiger partial charge is 0.255 e. The molecule has 7 nitrogen and oxygen atoms in total. The van der Waals surface area contributed by atoms with Crippen LogP contribution in [0.25, 0.3) is 16.8 Å². The molecule has 1 fully saturated rings. The van der Waals surface area contributed by atoms with Gasteiger partial charge in [-0.25, -0.2) is 4.98 Å². The molecule has 168 valence electrons. The number of nitrogens with one attached hydrogen (secondary N) is 1. The third kappa shape index (κ3) is 4.82. The number of pyridine rings is 2. The third-order valence-electron chi connectivity index (χ3n) is 6.11. The summed E-state index contributed by atoms with van der Waals surface area (Å²) in [6.07, 6.45) is 12.3. The van der Waals surface area contributed by atoms with Crippen molar-refractivity contribution in [2.24, 2.45) is 0 Å². The van der Waals surface area contributed by atoms with Crippen molar-refractivity contribution >= 4 is 5.82 Å². The van der Waals surface area contributed by atoms with Gasteiger partial charge >= 0.3 is 0 Å². The number of anilines is 1. The van der Waals surface area contributed by atoms with Crippen molar-refractivity contribution in [2.45, 2.75) is 38.3 Å². The van der Waals surface area contributed by atoms with E-state index in [1.165, 1.54) is 25.7 Å². The molecule has 0 atom stereocenters. The fourth-order valence-corrected chi connectivity index (χ4v) is 4.27. The molecule has 0 unspecified atom stereocenters. The Labute approximate surface area is 192 Å². The van der Waals surface area contributed by atoms with Gasteiger partial charge in [-0.05, 0) is 48.7 Å². The van der Waals surface area contributed by atoms with Crippen molar-refractivity contribution in [2.75, 3.05) is 12.4 Å². The predicted octanol–water partition coefficient (Wildman–Crippen LogP) is 4.51. The lowest BCUT2D eigenvalue weighted by Crippen LogP contribution is -2.18. The van der Waals surface area contributed by atoms with Gasteiger partial charge in [-0.15, -0.1) is 0 Å². The highest BCUT2D eigenvalue weighted by Gasteiger charge is 2.15. The number of hydrogen-bond acceptors (Lipinski definition) is 5. The second kappa shape index (κ2) is 9.32. The van der Waals surface area contributed by atoms with Crippen molar-refractivity contribution in [3.8, 4) is 22.6 Å². The maximum absolute atomic E-state index is 12.6. The Kier molecular flexibility index (Phi) is 5.93. The highest BCUT2D eigenvalue weighted by Crippen LogP contribution is 2.22. The van der Waals surface area contributed by atoms with Gasteiger partial charge in [-0.3, -0.25) is 14.0 Å². The second-order valence-corrected chi connectivity index (χ2v) is 8.43. The molecule has 0 spiro atoms. The van der Waals surface area contributed by atoms with Crippen LogP contribution in [-0.2, 0) is 6.54 Å². The van der Waals surface area contributed by atoms with Gasteiger partial charge in [0, 0.05) is 35.6 Å². The van der Waals surface area contributed by atoms with Crippen LogP contribution in [0.3, 0.4) is 0 Å². The zero-order valence-electron chi connectivity index (χ0n) is 18.6. The summed E-state index contributed by atoms with van der Waals surface area (Å²) in [5, 5.41) is 7.98. The normalized spacial score (nSPS) is 13.8. The van der Waals surface area contributed by atoms with E-state index < -0.39 is 0 Å². The maximum Gasteiger partial charge on any atom is 0.255 e. The van der Waals surface area contributed by atoms with Crippen LogP contribution in [0.2, 0.25) is 0 Å². The van der Waals surface area contributed by atoms with E-state index in [1.807, 2.05) is 65.7 Å². The van der Waals surface area contributed by atoms with E-state index in [2.05, 4.69) is 15.4 Å². The minimum absolute atomic E-state index is 0.0947. The molecule has 0 radical (unpaired) electrons. The van der Waals surface area contributed by atoms with Gasteiger partial charge in [0.2, 0.25) is 0 Å². The summed E-state index contributed by atoms with van der Waals surface area (Å²) >= 11 is 0. The molecule has 3 aromatic heterocycles. The molecule has 1 aliphatic rings. The standard InChI is InChI=1S/C26H27N5O2/c1-33-24-10-6-19(7-11-24)16-30-17-21(14-28-30)20-8-13-26(32)31(18-20)23-9-12-25(27-15-23)29-22-4-2-3-5-22/h6-15,17-18,22H,2-5,16H2,1H3,(H,27,29). The Hall–Kier alpha value is -3.87. The summed E-state index contributed by atoms with van der Waals surface area (Å²) in [5.74, 6) is 1.69. The van der Waals surface area contributed by atoms with Crippen molar-refractivity contribution in [1.29, 1.82) is 0 Å². The lowest BCUT2D eigenvalue weighted by Gasteiger charge is -2.13. The van der Waals surface area contributed by atoms with Gasteiger partial charge in [0.05, 0.1) is 31.7 Å². The molecular weight excluding hydrogens is 414 g/mol. The largest absolute Gasteiger partial charge is 0.497 e. The van der Waals surface area contributed by atoms with Crippen LogP contribution in [0.1, 0.15) is 31.2 Å². The number of methoxy groups -OCH3 is 1. The first-order chi connectivity index (χ1) is 16.2. The molecule has 7 heteroatoms. The Bertz CT molecular complexity index is 1270. The molecule has 5 rings (SSSR count). The lowest BCUT2D eigenvalue weighted by atomic mass is 10.1. The van der Waals surface area contributed by atoms with Gasteiger partial charge in [-0.1, -0.05) is 25.0 Å². The number of hydrogen-bond donors (Lipinski definition) is 1. The summed E-state index contributed by atoms with van der Waals surface area (Å²) in [6.45, 7) is 0.656. The molecular formula is C26H27N5O2. The van der Waals surface area contributed by atoms with Gasteiger partial charge in [0.15, 0.2) is 0 Å². The van der Waals surface area contributed by atoms with E-state index in [1.54, 1.807) is 23.9 Å². The number of nitrogens with zero attached hydrogens (tertiary/aromatic N) is 4. The van der Waals surface area contributed by atoms with Crippen LogP contribution in [0.4, 0.5) is 5.82 Å². The Balaban J connectivity index is 1.33. The molecule has 1 aliphatic carbocycles. The van der Waals surface area contributed by atoms with E-state index in [0.29, 0.717) is 12.6 Å². The quantitative estimate of drug-likeness (QED) is 0.457. The lowest BCUT2D eigenvalue weighted by molar-refractivity contribution is 0.414. The van der Waals surface area contributed by atoms with Gasteiger partial charge < -0.3 is 10.1 Å². The number of ether oxygens (including phenoxy) is 1. The minimum atomic E-state index is -0.0947. The number of aromatic nitrogens is 4. The summed E-state index contributed by atoms with van der Waals surface area (Å²) in [5.41, 5.74) is 3.65. The first kappa shape index (κ1) is 21.0. The maximum atomic E-state index is 12.6. The molecule has 0 bridgehead atoms. The van der Waals surface area contributed by atoms with Gasteiger partial charge in [-0.2, -0.15) is 5.10 Å². The van der Waals surface area contributed by atoms with Crippen molar-refractivity contribution in [3.05, 3.63) is 89.2 Å². The van der Waals surface area contributed by atoms with E-state index in [-0.39, 0.29) is 5.56 Å². The van der Waals surface area contributed by atoms with Crippen LogP contribution in [0.15, 0.2) is 78.1 Å². The summed E-state index contributed by atoms with van der Waals surface area (Å²) in [6, 6.07) is 15.7. The monoisotopic (exact) mass is 441 g/mol. The van der Waals surface area contributed by atoms with Crippen LogP contribution < -0.4 is 15.6 Å². The Morgan fingerprint density at radius 2 is 1.79 bits per heavy atom. The van der Waals surface area contributed by atoms with E-state index >= 15 is 0 Å². The average Bonchev–Trinajstić information content (AvgIpc) is 3.53. The first-order valence-electron chi connectivity index (χ1n) is 11.3. The molecule has 1 saturated carbocycles. The van der Waals surface area contributed by atoms with Crippen molar-refractivity contribution in [3.63, 3.8) is 0 Å². The average molecular weight is 442 g/mol. The highest BCUT2D eigenvalue weighted by atomic mass is 16.5. The summed E-state index contributed by atoms with van der Waals surface area (Å²) < 4.78 is 8.73. The zero-order chi connectivity index (χ0) is 22.6. The SMILES string of the molecule is COc1ccc(Cn2cc(-c3ccc(=O)n(-c4ccc(NC5CCCC5)nc4)c3)cn2)cc1. The van der Waals surface area contributed by atoms with Crippen molar-refractivity contribution in [1.82, 2.24) is 19.3 Å². The van der Waals surface area contributed by atoms with Crippen LogP contribution in [0, 0.1) is 0 Å². The first-order valence-corrected chi connectivity index (χ1v) is 11.3. The second-order valence-electron chi connectivity index (χ2n) is 8.43. The molecule has 4 aromatic rings. The molecule has 3 heterocycles. The van der Waals surface area contributed by atoms with E-state index in [9.17, 15) is 4.79 Å². The van der Waals surface area contributed by atoms with Crippen molar-refractivity contribution < 1.29 is 4.74 Å². The zero-order valence-corrected chi connectivity index (χ0v) is 18.6. The van der Waals surface area contributed by atoms with Gasteiger partial charge in [0.1, 0.15) is 11.6 Å². The summed E-state index contributed by atoms with van der Waals surface area (Å²) in [4.78, 5) is 17.1.